The summed E-state index contributed by atoms with van der Waals surface area (Å²) in [5, 5.41) is 0. The quantitative estimate of drug-likeness (QED) is 0.525. The number of hydrogen-bond donors (Lipinski definition) is 1. The second kappa shape index (κ2) is 0.923. The highest BCUT2D eigenvalue weighted by molar-refractivity contribution is 5.74. The molecule has 1 aromatic rings. The van der Waals surface area contributed by atoms with Crippen molar-refractivity contribution in [3.63, 3.8) is 0 Å². The van der Waals surface area contributed by atoms with Crippen molar-refractivity contribution in [2.75, 3.05) is 0 Å². The molecule has 0 radical (unpaired) electrons. The fourth-order valence-electron chi connectivity index (χ4n) is 1.31. The SMILES string of the molecule is C1=Cc2c([nH]c3c2O3)C1. The molecule has 0 aromatic carbocycles. The minimum absolute atomic E-state index is 0.976. The zero-order chi connectivity index (χ0) is 5.84. The summed E-state index contributed by atoms with van der Waals surface area (Å²) in [4.78, 5) is 3.16. The normalized spacial score (nSPS) is 16.9. The van der Waals surface area contributed by atoms with E-state index in [1.165, 1.54) is 11.3 Å². The Morgan fingerprint density at radius 3 is 3.44 bits per heavy atom. The third-order valence-electron chi connectivity index (χ3n) is 1.81. The number of H-pyrrole nitrogens is 1. The van der Waals surface area contributed by atoms with Gasteiger partial charge in [0.1, 0.15) is 0 Å². The Hall–Kier alpha value is -1.18. The highest BCUT2D eigenvalue weighted by atomic mass is 16.6. The highest BCUT2D eigenvalue weighted by Crippen LogP contribution is 2.51. The summed E-state index contributed by atoms with van der Waals surface area (Å²) in [5.74, 6) is 2.04. The van der Waals surface area contributed by atoms with Gasteiger partial charge in [-0.15, -0.1) is 0 Å². The molecule has 0 atom stereocenters. The molecule has 0 saturated carbocycles. The van der Waals surface area contributed by atoms with Crippen LogP contribution in [0.15, 0.2) is 6.08 Å². The smallest absolute Gasteiger partial charge is 0.242 e. The molecule has 0 unspecified atom stereocenters. The number of rotatable bonds is 0. The average molecular weight is 119 g/mol. The van der Waals surface area contributed by atoms with E-state index in [4.69, 9.17) is 4.74 Å². The number of ether oxygens (including phenoxy) is 1. The van der Waals surface area contributed by atoms with Crippen molar-refractivity contribution in [1.82, 2.24) is 4.98 Å². The lowest BCUT2D eigenvalue weighted by Gasteiger charge is -1.87. The standard InChI is InChI=1S/C7H5NO/c1-2-4-5(3-1)8-7-6(4)9-7/h1-2,8H,3H2. The Kier molecular flexibility index (Phi) is 0.387. The molecule has 1 aliphatic carbocycles. The van der Waals surface area contributed by atoms with Gasteiger partial charge in [-0.3, -0.25) is 0 Å². The molecule has 0 fully saturated rings. The van der Waals surface area contributed by atoms with Crippen LogP contribution in [0.5, 0.6) is 11.6 Å². The van der Waals surface area contributed by atoms with Gasteiger partial charge < -0.3 is 9.72 Å². The first-order valence-electron chi connectivity index (χ1n) is 3.04. The Balaban J connectivity index is 2.43. The molecule has 1 N–H and O–H groups in total. The molecule has 0 saturated heterocycles. The molecule has 9 heavy (non-hydrogen) atoms. The highest BCUT2D eigenvalue weighted by Gasteiger charge is 2.31. The Morgan fingerprint density at radius 2 is 2.56 bits per heavy atom. The molecule has 44 valence electrons. The zero-order valence-corrected chi connectivity index (χ0v) is 4.77. The minimum atomic E-state index is 0.976. The van der Waals surface area contributed by atoms with Gasteiger partial charge in [-0.2, -0.15) is 0 Å². The van der Waals surface area contributed by atoms with Crippen LogP contribution in [-0.2, 0) is 6.42 Å². The second-order valence-corrected chi connectivity index (χ2v) is 2.38. The predicted octanol–water partition coefficient (Wildman–Crippen LogP) is 1.69. The first-order chi connectivity index (χ1) is 4.45. The molecule has 1 aliphatic heterocycles. The molecule has 0 bridgehead atoms. The monoisotopic (exact) mass is 119 g/mol. The topological polar surface area (TPSA) is 28.3 Å². The Bertz CT molecular complexity index is 309. The van der Waals surface area contributed by atoms with Crippen LogP contribution in [0.25, 0.3) is 6.08 Å². The molecule has 0 spiro atoms. The summed E-state index contributed by atoms with van der Waals surface area (Å²) in [5.41, 5.74) is 2.58. The van der Waals surface area contributed by atoms with Crippen LogP contribution in [0, 0.1) is 0 Å². The van der Waals surface area contributed by atoms with Crippen LogP contribution in [0.4, 0.5) is 0 Å². The molecule has 2 heteroatoms. The van der Waals surface area contributed by atoms with E-state index in [9.17, 15) is 0 Å². The van der Waals surface area contributed by atoms with Gasteiger partial charge in [-0.05, 0) is 0 Å². The van der Waals surface area contributed by atoms with Crippen LogP contribution in [0.3, 0.4) is 0 Å². The average Bonchev–Trinajstić information content (AvgIpc) is 2.38. The van der Waals surface area contributed by atoms with Crippen LogP contribution in [0.1, 0.15) is 11.3 Å². The lowest BCUT2D eigenvalue weighted by molar-refractivity contribution is 0.621. The summed E-state index contributed by atoms with van der Waals surface area (Å²) in [6.07, 6.45) is 5.30. The predicted molar refractivity (Wildman–Crippen MR) is 33.6 cm³/mol. The molecule has 2 nitrogen and oxygen atoms in total. The third-order valence-corrected chi connectivity index (χ3v) is 1.81. The van der Waals surface area contributed by atoms with Gasteiger partial charge in [-0.25, -0.2) is 0 Å². The van der Waals surface area contributed by atoms with Crippen molar-refractivity contribution in [2.45, 2.75) is 6.42 Å². The maximum atomic E-state index is 5.08. The largest absolute Gasteiger partial charge is 0.431 e. The summed E-state index contributed by atoms with van der Waals surface area (Å²) in [7, 11) is 0. The summed E-state index contributed by atoms with van der Waals surface area (Å²) in [6.45, 7) is 0. The Morgan fingerprint density at radius 1 is 1.56 bits per heavy atom. The van der Waals surface area contributed by atoms with E-state index in [2.05, 4.69) is 17.1 Å². The van der Waals surface area contributed by atoms with Gasteiger partial charge in [-0.1, -0.05) is 12.2 Å². The van der Waals surface area contributed by atoms with E-state index in [1.807, 2.05) is 0 Å². The fraction of sp³-hybridized carbons (Fsp3) is 0.143. The summed E-state index contributed by atoms with van der Waals surface area (Å²) >= 11 is 0. The van der Waals surface area contributed by atoms with Crippen molar-refractivity contribution >= 4 is 6.08 Å². The van der Waals surface area contributed by atoms with E-state index < -0.39 is 0 Å². The van der Waals surface area contributed by atoms with E-state index in [1.54, 1.807) is 0 Å². The maximum Gasteiger partial charge on any atom is 0.242 e. The lowest BCUT2D eigenvalue weighted by Crippen LogP contribution is -1.79. The molecule has 2 heterocycles. The van der Waals surface area contributed by atoms with Crippen molar-refractivity contribution in [3.05, 3.63) is 17.3 Å². The first kappa shape index (κ1) is 3.77. The fourth-order valence-corrected chi connectivity index (χ4v) is 1.31. The number of aromatic amines is 1. The van der Waals surface area contributed by atoms with Gasteiger partial charge in [0.05, 0.1) is 0 Å². The number of fused-ring (bicyclic) bond motifs is 3. The number of nitrogens with one attached hydrogen (secondary N) is 1. The third kappa shape index (κ3) is 0.304. The Labute approximate surface area is 52.1 Å². The summed E-state index contributed by atoms with van der Waals surface area (Å²) in [6, 6.07) is 0. The molecule has 1 aromatic heterocycles. The maximum absolute atomic E-state index is 5.08. The number of aromatic nitrogens is 1. The molecular formula is C7H5NO. The second-order valence-electron chi connectivity index (χ2n) is 2.38. The van der Waals surface area contributed by atoms with Crippen LogP contribution >= 0.6 is 0 Å². The summed E-state index contributed by atoms with van der Waals surface area (Å²) < 4.78 is 5.08. The van der Waals surface area contributed by atoms with Crippen LogP contribution < -0.4 is 4.74 Å². The van der Waals surface area contributed by atoms with Gasteiger partial charge in [0.25, 0.3) is 0 Å². The van der Waals surface area contributed by atoms with Gasteiger partial charge in [0.15, 0.2) is 5.75 Å². The first-order valence-corrected chi connectivity index (χ1v) is 3.04. The van der Waals surface area contributed by atoms with E-state index in [0.717, 1.165) is 18.1 Å². The molecular weight excluding hydrogens is 114 g/mol. The van der Waals surface area contributed by atoms with Gasteiger partial charge in [0, 0.05) is 17.7 Å². The zero-order valence-electron chi connectivity index (χ0n) is 4.77. The van der Waals surface area contributed by atoms with Gasteiger partial charge >= 0.3 is 0 Å². The van der Waals surface area contributed by atoms with E-state index in [0.29, 0.717) is 0 Å². The van der Waals surface area contributed by atoms with Crippen molar-refractivity contribution in [3.8, 4) is 11.6 Å². The van der Waals surface area contributed by atoms with Gasteiger partial charge in [0.2, 0.25) is 5.88 Å². The molecule has 0 amide bonds. The number of allylic oxidation sites excluding steroid dienone is 1. The van der Waals surface area contributed by atoms with Crippen molar-refractivity contribution in [1.29, 1.82) is 0 Å². The minimum Gasteiger partial charge on any atom is -0.431 e. The van der Waals surface area contributed by atoms with Crippen LogP contribution in [0.2, 0.25) is 0 Å². The van der Waals surface area contributed by atoms with E-state index in [-0.39, 0.29) is 0 Å². The van der Waals surface area contributed by atoms with Crippen LogP contribution in [-0.4, -0.2) is 4.98 Å². The molecule has 2 aliphatic rings. The number of hydrogen-bond acceptors (Lipinski definition) is 1. The van der Waals surface area contributed by atoms with Crippen molar-refractivity contribution in [2.24, 2.45) is 0 Å². The van der Waals surface area contributed by atoms with Crippen molar-refractivity contribution < 1.29 is 4.74 Å². The molecule has 3 rings (SSSR count). The lowest BCUT2D eigenvalue weighted by atomic mass is 10.3. The van der Waals surface area contributed by atoms with E-state index >= 15 is 0 Å².